The monoisotopic (exact) mass is 824 g/mol. The number of nitrogens with one attached hydrogen (secondary N) is 1. The fraction of sp³-hybridized carbons (Fsp3) is 0.736. The van der Waals surface area contributed by atoms with Crippen molar-refractivity contribution in [3.8, 4) is 0 Å². The Balaban J connectivity index is 4.63. The molecule has 0 spiro atoms. The molecule has 6 heteroatoms. The quantitative estimate of drug-likeness (QED) is 0.0323. The first-order valence-electron chi connectivity index (χ1n) is 24.7. The van der Waals surface area contributed by atoms with Gasteiger partial charge in [0.15, 0.2) is 0 Å². The van der Waals surface area contributed by atoms with E-state index < -0.39 is 18.2 Å². The largest absolute Gasteiger partial charge is 0.462 e. The van der Waals surface area contributed by atoms with Gasteiger partial charge in [-0.25, -0.2) is 0 Å². The van der Waals surface area contributed by atoms with Crippen molar-refractivity contribution in [3.63, 3.8) is 0 Å². The molecule has 0 aromatic rings. The normalized spacial score (nSPS) is 13.9. The number of rotatable bonds is 43. The molecule has 3 unspecified atom stereocenters. The Hall–Kier alpha value is -2.70. The Labute approximate surface area is 364 Å². The zero-order valence-corrected chi connectivity index (χ0v) is 38.6. The number of carbonyl (C=O) groups is 2. The van der Waals surface area contributed by atoms with Crippen molar-refractivity contribution in [2.75, 3.05) is 6.61 Å². The first-order chi connectivity index (χ1) is 29.0. The average molecular weight is 824 g/mol. The van der Waals surface area contributed by atoms with Crippen LogP contribution in [0.4, 0.5) is 0 Å². The molecule has 0 saturated carbocycles. The van der Waals surface area contributed by atoms with Gasteiger partial charge < -0.3 is 20.3 Å². The van der Waals surface area contributed by atoms with Crippen LogP contribution >= 0.6 is 0 Å². The Morgan fingerprint density at radius 2 is 0.932 bits per heavy atom. The molecule has 0 saturated heterocycles. The number of esters is 1. The molecule has 0 aromatic carbocycles. The minimum absolute atomic E-state index is 0.0404. The van der Waals surface area contributed by atoms with E-state index in [1.165, 1.54) is 83.5 Å². The lowest BCUT2D eigenvalue weighted by Gasteiger charge is -2.24. The molecule has 0 aliphatic carbocycles. The number of amides is 1. The summed E-state index contributed by atoms with van der Waals surface area (Å²) in [5.41, 5.74) is 0. The number of aliphatic hydroxyl groups excluding tert-OH is 2. The third-order valence-electron chi connectivity index (χ3n) is 10.8. The predicted octanol–water partition coefficient (Wildman–Crippen LogP) is 14.6. The van der Waals surface area contributed by atoms with Crippen molar-refractivity contribution < 1.29 is 24.5 Å². The Morgan fingerprint density at radius 1 is 0.508 bits per heavy atom. The molecule has 3 atom stereocenters. The number of aliphatic hydroxyl groups is 2. The van der Waals surface area contributed by atoms with Gasteiger partial charge in [-0.05, 0) is 89.9 Å². The van der Waals surface area contributed by atoms with Crippen LogP contribution in [0.3, 0.4) is 0 Å². The molecule has 0 rings (SSSR count). The van der Waals surface area contributed by atoms with Crippen LogP contribution in [0.25, 0.3) is 0 Å². The summed E-state index contributed by atoms with van der Waals surface area (Å²) >= 11 is 0. The summed E-state index contributed by atoms with van der Waals surface area (Å²) < 4.78 is 5.88. The van der Waals surface area contributed by atoms with E-state index in [4.69, 9.17) is 4.74 Å². The number of ether oxygens (including phenoxy) is 1. The van der Waals surface area contributed by atoms with E-state index in [9.17, 15) is 19.8 Å². The molecule has 0 aliphatic rings. The van der Waals surface area contributed by atoms with Crippen molar-refractivity contribution in [1.82, 2.24) is 5.32 Å². The summed E-state index contributed by atoms with van der Waals surface area (Å²) in [6, 6.07) is -0.717. The second kappa shape index (κ2) is 46.4. The molecule has 0 radical (unpaired) electrons. The van der Waals surface area contributed by atoms with Gasteiger partial charge in [0, 0.05) is 6.42 Å². The molecular weight excluding hydrogens is 731 g/mol. The van der Waals surface area contributed by atoms with Crippen LogP contribution in [0.5, 0.6) is 0 Å². The smallest absolute Gasteiger partial charge is 0.306 e. The number of unbranched alkanes of at least 4 members (excludes halogenated alkanes) is 19. The van der Waals surface area contributed by atoms with E-state index in [1.54, 1.807) is 0 Å². The van der Waals surface area contributed by atoms with Gasteiger partial charge >= 0.3 is 5.97 Å². The van der Waals surface area contributed by atoms with E-state index in [0.29, 0.717) is 19.3 Å². The highest BCUT2D eigenvalue weighted by atomic mass is 16.5. The second-order valence-corrected chi connectivity index (χ2v) is 16.5. The van der Waals surface area contributed by atoms with E-state index in [-0.39, 0.29) is 24.9 Å². The summed E-state index contributed by atoms with van der Waals surface area (Å²) in [5, 5.41) is 23.6. The summed E-state index contributed by atoms with van der Waals surface area (Å²) in [6.45, 7) is 6.32. The summed E-state index contributed by atoms with van der Waals surface area (Å²) in [5.74, 6) is -0.546. The molecule has 0 heterocycles. The second-order valence-electron chi connectivity index (χ2n) is 16.5. The number of hydrogen-bond donors (Lipinski definition) is 3. The van der Waals surface area contributed by atoms with Crippen LogP contribution in [-0.2, 0) is 14.3 Å². The number of allylic oxidation sites excluding steroid dienone is 12. The van der Waals surface area contributed by atoms with Gasteiger partial charge in [-0.15, -0.1) is 0 Å². The lowest BCUT2D eigenvalue weighted by molar-refractivity contribution is -0.151. The standard InChI is InChI=1S/C53H93NO5/c1-4-7-10-13-16-19-22-23-24-25-26-27-28-29-31-34-37-40-43-46-53(58)59-49(44-41-38-35-32-30-20-17-14-11-8-5-2)47-52(57)54-50(48-55)51(56)45-42-39-36-33-21-18-15-12-9-6-3/h7,10,16,19,23-24,26-27,29,31-32,35,49-51,55-56H,4-6,8-9,11-15,17-18,20-22,25,28,30,33-34,36-48H2,1-3H3,(H,54,57)/b10-7-,19-16-,24-23-,27-26-,31-29-,35-32-. The van der Waals surface area contributed by atoms with Gasteiger partial charge in [0.05, 0.1) is 25.2 Å². The minimum Gasteiger partial charge on any atom is -0.462 e. The van der Waals surface area contributed by atoms with Gasteiger partial charge in [0.2, 0.25) is 5.91 Å². The number of carbonyl (C=O) groups excluding carboxylic acids is 2. The highest BCUT2D eigenvalue weighted by Crippen LogP contribution is 2.16. The van der Waals surface area contributed by atoms with Crippen molar-refractivity contribution >= 4 is 11.9 Å². The van der Waals surface area contributed by atoms with Gasteiger partial charge in [-0.1, -0.05) is 196 Å². The van der Waals surface area contributed by atoms with Crippen LogP contribution in [0, 0.1) is 0 Å². The minimum atomic E-state index is -0.801. The van der Waals surface area contributed by atoms with Crippen LogP contribution in [0.15, 0.2) is 72.9 Å². The molecule has 59 heavy (non-hydrogen) atoms. The molecule has 0 aliphatic heterocycles. The average Bonchev–Trinajstić information content (AvgIpc) is 3.23. The van der Waals surface area contributed by atoms with Crippen LogP contribution in [0.1, 0.15) is 226 Å². The van der Waals surface area contributed by atoms with Crippen molar-refractivity contribution in [1.29, 1.82) is 0 Å². The van der Waals surface area contributed by atoms with E-state index >= 15 is 0 Å². The lowest BCUT2D eigenvalue weighted by atomic mass is 10.0. The number of hydrogen-bond acceptors (Lipinski definition) is 5. The van der Waals surface area contributed by atoms with E-state index in [2.05, 4.69) is 99.0 Å². The highest BCUT2D eigenvalue weighted by Gasteiger charge is 2.24. The van der Waals surface area contributed by atoms with E-state index in [0.717, 1.165) is 96.3 Å². The molecular formula is C53H93NO5. The third-order valence-corrected chi connectivity index (χ3v) is 10.8. The Bertz CT molecular complexity index is 1110. The van der Waals surface area contributed by atoms with Crippen LogP contribution < -0.4 is 5.32 Å². The highest BCUT2D eigenvalue weighted by molar-refractivity contribution is 5.77. The Morgan fingerprint density at radius 3 is 1.44 bits per heavy atom. The van der Waals surface area contributed by atoms with Gasteiger partial charge in [0.1, 0.15) is 6.10 Å². The first kappa shape index (κ1) is 56.3. The third kappa shape index (κ3) is 41.8. The summed E-state index contributed by atoms with van der Waals surface area (Å²) in [6.07, 6.45) is 58.2. The van der Waals surface area contributed by atoms with E-state index in [1.807, 2.05) is 0 Å². The molecule has 340 valence electrons. The van der Waals surface area contributed by atoms with Gasteiger partial charge in [-0.3, -0.25) is 9.59 Å². The van der Waals surface area contributed by atoms with Gasteiger partial charge in [0.25, 0.3) is 0 Å². The molecule has 3 N–H and O–H groups in total. The maximum atomic E-state index is 13.1. The molecule has 6 nitrogen and oxygen atoms in total. The molecule has 0 fully saturated rings. The fourth-order valence-electron chi connectivity index (χ4n) is 7.04. The Kier molecular flexibility index (Phi) is 44.2. The topological polar surface area (TPSA) is 95.9 Å². The summed E-state index contributed by atoms with van der Waals surface area (Å²) in [7, 11) is 0. The SMILES string of the molecule is CC/C=C\C/C=C\C/C=C\C/C=C\C/C=C\CCCCCC(=O)OC(CCC/C=C\CCCCCCCC)CC(=O)NC(CO)C(O)CCCCCCCCCCCC. The molecule has 1 amide bonds. The maximum Gasteiger partial charge on any atom is 0.306 e. The van der Waals surface area contributed by atoms with Crippen LogP contribution in [-0.4, -0.2) is 46.9 Å². The predicted molar refractivity (Wildman–Crippen MR) is 255 cm³/mol. The maximum absolute atomic E-state index is 13.1. The van der Waals surface area contributed by atoms with Crippen LogP contribution in [0.2, 0.25) is 0 Å². The first-order valence-corrected chi connectivity index (χ1v) is 24.7. The van der Waals surface area contributed by atoms with Gasteiger partial charge in [-0.2, -0.15) is 0 Å². The zero-order valence-electron chi connectivity index (χ0n) is 38.6. The van der Waals surface area contributed by atoms with Crippen molar-refractivity contribution in [2.24, 2.45) is 0 Å². The fourth-order valence-corrected chi connectivity index (χ4v) is 7.04. The van der Waals surface area contributed by atoms with Crippen molar-refractivity contribution in [2.45, 2.75) is 244 Å². The molecule has 0 bridgehead atoms. The van der Waals surface area contributed by atoms with Crippen molar-refractivity contribution in [3.05, 3.63) is 72.9 Å². The zero-order chi connectivity index (χ0) is 43.1. The summed E-state index contributed by atoms with van der Waals surface area (Å²) in [4.78, 5) is 26.0. The lowest BCUT2D eigenvalue weighted by Crippen LogP contribution is -2.46. The molecule has 0 aromatic heterocycles.